The van der Waals surface area contributed by atoms with Crippen molar-refractivity contribution in [1.29, 1.82) is 0 Å². The minimum atomic E-state index is -0.299. The van der Waals surface area contributed by atoms with Crippen LogP contribution in [-0.2, 0) is 6.54 Å². The number of nitrogens with one attached hydrogen (secondary N) is 1. The Bertz CT molecular complexity index is 849. The maximum absolute atomic E-state index is 12.3. The van der Waals surface area contributed by atoms with Crippen LogP contribution in [0.2, 0.25) is 4.34 Å². The number of carbonyl (C=O) groups excluding carboxylic acids is 1. The molecule has 1 amide bonds. The molecule has 0 aromatic carbocycles. The van der Waals surface area contributed by atoms with Crippen LogP contribution in [0.1, 0.15) is 39.9 Å². The summed E-state index contributed by atoms with van der Waals surface area (Å²) in [5.74, 6) is 1.53. The van der Waals surface area contributed by atoms with Gasteiger partial charge >= 0.3 is 0 Å². The number of anilines is 1. The van der Waals surface area contributed by atoms with E-state index in [9.17, 15) is 4.79 Å². The first kappa shape index (κ1) is 14.5. The molecule has 1 fully saturated rings. The van der Waals surface area contributed by atoms with Gasteiger partial charge in [0.2, 0.25) is 0 Å². The molecule has 3 aromatic rings. The molecule has 0 saturated heterocycles. The molecule has 0 aliphatic heterocycles. The number of nitrogens with zero attached hydrogens (tertiary/aromatic N) is 3. The number of hydrogen-bond acceptors (Lipinski definition) is 5. The van der Waals surface area contributed by atoms with Crippen molar-refractivity contribution in [3.8, 4) is 0 Å². The van der Waals surface area contributed by atoms with Crippen molar-refractivity contribution in [2.45, 2.75) is 25.3 Å². The Morgan fingerprint density at radius 2 is 2.30 bits per heavy atom. The molecule has 4 rings (SSSR count). The third-order valence-electron chi connectivity index (χ3n) is 3.63. The summed E-state index contributed by atoms with van der Waals surface area (Å²) in [6, 6.07) is 7.25. The van der Waals surface area contributed by atoms with E-state index in [4.69, 9.17) is 16.1 Å². The van der Waals surface area contributed by atoms with E-state index < -0.39 is 0 Å². The highest BCUT2D eigenvalue weighted by Gasteiger charge is 2.29. The largest absolute Gasteiger partial charge is 0.360 e. The number of rotatable bonds is 5. The van der Waals surface area contributed by atoms with E-state index in [-0.39, 0.29) is 5.91 Å². The maximum atomic E-state index is 12.3. The zero-order valence-corrected chi connectivity index (χ0v) is 13.6. The van der Waals surface area contributed by atoms with Crippen LogP contribution in [0.25, 0.3) is 0 Å². The summed E-state index contributed by atoms with van der Waals surface area (Å²) in [4.78, 5) is 13.3. The molecule has 0 unspecified atom stereocenters. The fourth-order valence-corrected chi connectivity index (χ4v) is 3.36. The molecule has 0 spiro atoms. The molecular weight excluding hydrogens is 336 g/mol. The lowest BCUT2D eigenvalue weighted by Crippen LogP contribution is -2.16. The molecule has 8 heteroatoms. The van der Waals surface area contributed by atoms with Crippen LogP contribution >= 0.6 is 22.9 Å². The van der Waals surface area contributed by atoms with Gasteiger partial charge in [-0.25, -0.2) is 4.68 Å². The predicted octanol–water partition coefficient (Wildman–Crippen LogP) is 3.76. The molecule has 1 aliphatic carbocycles. The Balaban J connectivity index is 1.47. The molecule has 0 bridgehead atoms. The van der Waals surface area contributed by atoms with E-state index in [1.54, 1.807) is 23.0 Å². The third-order valence-corrected chi connectivity index (χ3v) is 4.85. The highest BCUT2D eigenvalue weighted by Crippen LogP contribution is 2.40. The van der Waals surface area contributed by atoms with Crippen LogP contribution in [0, 0.1) is 0 Å². The van der Waals surface area contributed by atoms with Crippen molar-refractivity contribution in [2.24, 2.45) is 0 Å². The van der Waals surface area contributed by atoms with Gasteiger partial charge in [-0.3, -0.25) is 4.79 Å². The number of amides is 1. The van der Waals surface area contributed by atoms with Gasteiger partial charge in [-0.15, -0.1) is 11.3 Å². The molecule has 0 radical (unpaired) electrons. The van der Waals surface area contributed by atoms with E-state index in [0.717, 1.165) is 27.8 Å². The lowest BCUT2D eigenvalue weighted by molar-refractivity contribution is 0.101. The predicted molar refractivity (Wildman–Crippen MR) is 87.1 cm³/mol. The zero-order valence-electron chi connectivity index (χ0n) is 12.0. The van der Waals surface area contributed by atoms with Crippen molar-refractivity contribution in [1.82, 2.24) is 14.9 Å². The van der Waals surface area contributed by atoms with E-state index in [1.165, 1.54) is 11.3 Å². The van der Waals surface area contributed by atoms with Gasteiger partial charge in [-0.1, -0.05) is 16.8 Å². The SMILES string of the molecule is O=C(Nc1ccnn1Cc1ccc(Cl)s1)c1cc(C2CC2)on1. The lowest BCUT2D eigenvalue weighted by Gasteiger charge is -2.06. The summed E-state index contributed by atoms with van der Waals surface area (Å²) in [5, 5.41) is 10.9. The lowest BCUT2D eigenvalue weighted by atomic mass is 10.3. The Hall–Kier alpha value is -2.12. The number of aromatic nitrogens is 3. The molecule has 6 nitrogen and oxygen atoms in total. The topological polar surface area (TPSA) is 73.0 Å². The zero-order chi connectivity index (χ0) is 15.8. The Morgan fingerprint density at radius 1 is 1.43 bits per heavy atom. The molecule has 3 heterocycles. The first-order valence-electron chi connectivity index (χ1n) is 7.23. The first-order chi connectivity index (χ1) is 11.2. The van der Waals surface area contributed by atoms with Gasteiger partial charge < -0.3 is 9.84 Å². The van der Waals surface area contributed by atoms with Crippen molar-refractivity contribution in [3.05, 3.63) is 51.1 Å². The molecule has 23 heavy (non-hydrogen) atoms. The van der Waals surface area contributed by atoms with Gasteiger partial charge in [0, 0.05) is 22.9 Å². The molecule has 1 N–H and O–H groups in total. The molecule has 118 valence electrons. The minimum Gasteiger partial charge on any atom is -0.360 e. The Labute approximate surface area is 141 Å². The van der Waals surface area contributed by atoms with Gasteiger partial charge in [-0.05, 0) is 25.0 Å². The molecule has 3 aromatic heterocycles. The average Bonchev–Trinajstić information content (AvgIpc) is 2.94. The van der Waals surface area contributed by atoms with E-state index in [0.29, 0.717) is 24.0 Å². The van der Waals surface area contributed by atoms with E-state index in [2.05, 4.69) is 15.6 Å². The van der Waals surface area contributed by atoms with Crippen LogP contribution in [-0.4, -0.2) is 20.8 Å². The minimum absolute atomic E-state index is 0.291. The monoisotopic (exact) mass is 348 g/mol. The summed E-state index contributed by atoms with van der Waals surface area (Å²) in [6.07, 6.45) is 3.85. The van der Waals surface area contributed by atoms with Crippen LogP contribution in [0.3, 0.4) is 0 Å². The Morgan fingerprint density at radius 3 is 3.04 bits per heavy atom. The molecule has 0 atom stereocenters. The smallest absolute Gasteiger partial charge is 0.278 e. The second-order valence-corrected chi connectivity index (χ2v) is 7.22. The summed E-state index contributed by atoms with van der Waals surface area (Å²) in [5.41, 5.74) is 0.291. The van der Waals surface area contributed by atoms with E-state index in [1.807, 2.05) is 12.1 Å². The Kier molecular flexibility index (Phi) is 3.66. The van der Waals surface area contributed by atoms with Gasteiger partial charge in [0.15, 0.2) is 5.69 Å². The average molecular weight is 349 g/mol. The number of thiophene rings is 1. The van der Waals surface area contributed by atoms with Crippen LogP contribution in [0.4, 0.5) is 5.82 Å². The quantitative estimate of drug-likeness (QED) is 0.761. The van der Waals surface area contributed by atoms with E-state index >= 15 is 0 Å². The van der Waals surface area contributed by atoms with Crippen LogP contribution in [0.5, 0.6) is 0 Å². The standard InChI is InChI=1S/C15H13ClN4O2S/c16-13-4-3-10(23-13)8-20-14(5-6-17-20)18-15(21)11-7-12(22-19-11)9-1-2-9/h3-7,9H,1-2,8H2,(H,18,21). The second-order valence-electron chi connectivity index (χ2n) is 5.42. The summed E-state index contributed by atoms with van der Waals surface area (Å²) < 4.78 is 7.65. The maximum Gasteiger partial charge on any atom is 0.278 e. The van der Waals surface area contributed by atoms with Crippen molar-refractivity contribution in [3.63, 3.8) is 0 Å². The number of hydrogen-bond donors (Lipinski definition) is 1. The normalized spacial score (nSPS) is 14.1. The van der Waals surface area contributed by atoms with Gasteiger partial charge in [0.25, 0.3) is 5.91 Å². The van der Waals surface area contributed by atoms with Crippen LogP contribution in [0.15, 0.2) is 35.0 Å². The summed E-state index contributed by atoms with van der Waals surface area (Å²) >= 11 is 7.43. The van der Waals surface area contributed by atoms with Gasteiger partial charge in [0.05, 0.1) is 17.1 Å². The summed E-state index contributed by atoms with van der Waals surface area (Å²) in [6.45, 7) is 0.548. The van der Waals surface area contributed by atoms with Crippen molar-refractivity contribution >= 4 is 34.7 Å². The number of halogens is 1. The second kappa shape index (κ2) is 5.82. The van der Waals surface area contributed by atoms with Crippen LogP contribution < -0.4 is 5.32 Å². The highest BCUT2D eigenvalue weighted by molar-refractivity contribution is 7.16. The first-order valence-corrected chi connectivity index (χ1v) is 8.42. The fourth-order valence-electron chi connectivity index (χ4n) is 2.29. The third kappa shape index (κ3) is 3.16. The van der Waals surface area contributed by atoms with Crippen molar-refractivity contribution < 1.29 is 9.32 Å². The molecule has 1 aliphatic rings. The highest BCUT2D eigenvalue weighted by atomic mass is 35.5. The van der Waals surface area contributed by atoms with Crippen molar-refractivity contribution in [2.75, 3.05) is 5.32 Å². The summed E-state index contributed by atoms with van der Waals surface area (Å²) in [7, 11) is 0. The number of carbonyl (C=O) groups is 1. The fraction of sp³-hybridized carbons (Fsp3) is 0.267. The molecular formula is C15H13ClN4O2S. The molecule has 1 saturated carbocycles. The van der Waals surface area contributed by atoms with Gasteiger partial charge in [0.1, 0.15) is 11.6 Å². The van der Waals surface area contributed by atoms with Gasteiger partial charge in [-0.2, -0.15) is 5.10 Å².